The highest BCUT2D eigenvalue weighted by atomic mass is 127. The van der Waals surface area contributed by atoms with Crippen LogP contribution in [0.2, 0.25) is 0 Å². The van der Waals surface area contributed by atoms with E-state index < -0.39 is 10.1 Å². The molecule has 0 atom stereocenters. The number of thiophene rings is 1. The van der Waals surface area contributed by atoms with Crippen molar-refractivity contribution in [3.63, 3.8) is 0 Å². The zero-order valence-corrected chi connectivity index (χ0v) is 14.8. The molecule has 1 amide bonds. The first-order valence-electron chi connectivity index (χ1n) is 5.90. The summed E-state index contributed by atoms with van der Waals surface area (Å²) in [5.74, 6) is 0.107. The summed E-state index contributed by atoms with van der Waals surface area (Å²) in [5, 5.41) is 2.62. The molecule has 1 aromatic heterocycles. The fourth-order valence-electron chi connectivity index (χ4n) is 1.46. The molecular weight excluding hydrogens is 425 g/mol. The van der Waals surface area contributed by atoms with Crippen LogP contribution in [0.1, 0.15) is 11.8 Å². The summed E-state index contributed by atoms with van der Waals surface area (Å²) in [4.78, 5) is 11.6. The number of nitrogens with one attached hydrogen (secondary N) is 1. The fraction of sp³-hybridized carbons (Fsp3) is 0.154. The lowest BCUT2D eigenvalue weighted by Crippen LogP contribution is -2.18. The maximum atomic E-state index is 12.1. The van der Waals surface area contributed by atoms with Gasteiger partial charge in [0.25, 0.3) is 0 Å². The van der Waals surface area contributed by atoms with Crippen molar-refractivity contribution < 1.29 is 17.4 Å². The van der Waals surface area contributed by atoms with Crippen molar-refractivity contribution >= 4 is 50.0 Å². The Hall–Kier alpha value is -1.13. The van der Waals surface area contributed by atoms with E-state index >= 15 is 0 Å². The third-order valence-electron chi connectivity index (χ3n) is 2.41. The molecule has 2 rings (SSSR count). The molecule has 0 aliphatic heterocycles. The van der Waals surface area contributed by atoms with Crippen LogP contribution < -0.4 is 9.50 Å². The second kappa shape index (κ2) is 6.75. The number of hydrogen-bond acceptors (Lipinski definition) is 5. The Labute approximate surface area is 140 Å². The highest BCUT2D eigenvalue weighted by Gasteiger charge is 2.19. The molecule has 1 aromatic carbocycles. The quantitative estimate of drug-likeness (QED) is 0.577. The van der Waals surface area contributed by atoms with Crippen LogP contribution in [0.3, 0.4) is 0 Å². The van der Waals surface area contributed by atoms with Gasteiger partial charge < -0.3 is 9.50 Å². The fourth-order valence-corrected chi connectivity index (χ4v) is 4.00. The smallest absolute Gasteiger partial charge is 0.348 e. The minimum Gasteiger partial charge on any atom is -0.378 e. The minimum absolute atomic E-state index is 0.112. The Kier molecular flexibility index (Phi) is 5.22. The zero-order chi connectivity index (χ0) is 15.5. The Morgan fingerprint density at radius 1 is 1.24 bits per heavy atom. The van der Waals surface area contributed by atoms with Gasteiger partial charge in [-0.05, 0) is 59.0 Å². The summed E-state index contributed by atoms with van der Waals surface area (Å²) >= 11 is 3.20. The second-order valence-corrected chi connectivity index (χ2v) is 8.31. The molecule has 8 heteroatoms. The average Bonchev–Trinajstić information content (AvgIpc) is 2.88. The number of amides is 1. The third-order valence-corrected chi connectivity index (χ3v) is 5.92. The van der Waals surface area contributed by atoms with Gasteiger partial charge in [-0.2, -0.15) is 8.42 Å². The molecule has 1 N–H and O–H groups in total. The predicted molar refractivity (Wildman–Crippen MR) is 88.8 cm³/mol. The van der Waals surface area contributed by atoms with Crippen molar-refractivity contribution in [2.75, 3.05) is 0 Å². The molecule has 0 bridgehead atoms. The Morgan fingerprint density at radius 3 is 2.52 bits per heavy atom. The Balaban J connectivity index is 2.12. The van der Waals surface area contributed by atoms with Crippen LogP contribution in [0.4, 0.5) is 0 Å². The monoisotopic (exact) mass is 437 g/mol. The molecule has 0 saturated carbocycles. The zero-order valence-electron chi connectivity index (χ0n) is 11.0. The molecule has 0 aliphatic rings. The molecule has 0 saturated heterocycles. The minimum atomic E-state index is -3.84. The molecular formula is C13H12INO4S2. The van der Waals surface area contributed by atoms with Gasteiger partial charge in [0, 0.05) is 15.4 Å². The van der Waals surface area contributed by atoms with Crippen molar-refractivity contribution in [3.8, 4) is 5.75 Å². The first-order valence-corrected chi connectivity index (χ1v) is 9.20. The number of rotatable bonds is 5. The predicted octanol–water partition coefficient (Wildman–Crippen LogP) is 2.76. The van der Waals surface area contributed by atoms with Gasteiger partial charge in [0.2, 0.25) is 5.91 Å². The molecule has 5 nitrogen and oxygen atoms in total. The molecule has 2 aromatic rings. The number of benzene rings is 1. The highest BCUT2D eigenvalue weighted by Crippen LogP contribution is 2.25. The topological polar surface area (TPSA) is 72.5 Å². The third kappa shape index (κ3) is 4.68. The van der Waals surface area contributed by atoms with Crippen LogP contribution in [-0.2, 0) is 21.5 Å². The first kappa shape index (κ1) is 16.2. The van der Waals surface area contributed by atoms with Crippen molar-refractivity contribution in [2.45, 2.75) is 17.7 Å². The lowest BCUT2D eigenvalue weighted by atomic mass is 10.3. The summed E-state index contributed by atoms with van der Waals surface area (Å²) < 4.78 is 30.5. The van der Waals surface area contributed by atoms with Crippen LogP contribution in [0.25, 0.3) is 0 Å². The van der Waals surface area contributed by atoms with Gasteiger partial charge in [0.05, 0.1) is 6.54 Å². The summed E-state index contributed by atoms with van der Waals surface area (Å²) in [5.41, 5.74) is 0. The van der Waals surface area contributed by atoms with Crippen LogP contribution in [-0.4, -0.2) is 14.3 Å². The van der Waals surface area contributed by atoms with Crippen molar-refractivity contribution in [1.29, 1.82) is 0 Å². The molecule has 0 unspecified atom stereocenters. The Morgan fingerprint density at radius 2 is 1.90 bits per heavy atom. The maximum absolute atomic E-state index is 12.1. The maximum Gasteiger partial charge on any atom is 0.348 e. The average molecular weight is 437 g/mol. The molecule has 0 spiro atoms. The van der Waals surface area contributed by atoms with Gasteiger partial charge in [-0.1, -0.05) is 0 Å². The number of carbonyl (C=O) groups excluding carboxylic acids is 1. The van der Waals surface area contributed by atoms with E-state index in [9.17, 15) is 13.2 Å². The van der Waals surface area contributed by atoms with Gasteiger partial charge in [-0.15, -0.1) is 11.3 Å². The summed E-state index contributed by atoms with van der Waals surface area (Å²) in [6, 6.07) is 9.87. The van der Waals surface area contributed by atoms with Crippen LogP contribution in [0.15, 0.2) is 40.6 Å². The normalized spacial score (nSPS) is 11.1. The molecule has 0 aliphatic carbocycles. The number of halogens is 1. The van der Waals surface area contributed by atoms with Crippen molar-refractivity contribution in [3.05, 3.63) is 44.8 Å². The van der Waals surface area contributed by atoms with E-state index in [4.69, 9.17) is 4.18 Å². The number of carbonyl (C=O) groups is 1. The van der Waals surface area contributed by atoms with Crippen LogP contribution in [0, 0.1) is 3.57 Å². The van der Waals surface area contributed by atoms with Crippen LogP contribution >= 0.6 is 33.9 Å². The van der Waals surface area contributed by atoms with E-state index in [1.807, 2.05) is 0 Å². The summed E-state index contributed by atoms with van der Waals surface area (Å²) in [6.45, 7) is 1.71. The van der Waals surface area contributed by atoms with E-state index in [1.54, 1.807) is 30.3 Å². The molecule has 0 radical (unpaired) electrons. The molecule has 21 heavy (non-hydrogen) atoms. The van der Waals surface area contributed by atoms with Gasteiger partial charge in [-0.3, -0.25) is 4.79 Å². The van der Waals surface area contributed by atoms with E-state index in [0.717, 1.165) is 19.8 Å². The van der Waals surface area contributed by atoms with E-state index in [2.05, 4.69) is 27.9 Å². The van der Waals surface area contributed by atoms with Gasteiger partial charge in [0.1, 0.15) is 5.75 Å². The summed E-state index contributed by atoms with van der Waals surface area (Å²) in [6.07, 6.45) is 0. The van der Waals surface area contributed by atoms with E-state index in [0.29, 0.717) is 6.54 Å². The van der Waals surface area contributed by atoms with Crippen molar-refractivity contribution in [1.82, 2.24) is 5.32 Å². The first-order chi connectivity index (χ1) is 9.87. The highest BCUT2D eigenvalue weighted by molar-refractivity contribution is 14.1. The van der Waals surface area contributed by atoms with Gasteiger partial charge in [-0.25, -0.2) is 0 Å². The second-order valence-electron chi connectivity index (χ2n) is 4.12. The number of hydrogen-bond donors (Lipinski definition) is 1. The van der Waals surface area contributed by atoms with Crippen LogP contribution in [0.5, 0.6) is 5.75 Å². The SMILES string of the molecule is CC(=O)NCc1ccc(S(=O)(=O)Oc2ccc(I)cc2)s1. The van der Waals surface area contributed by atoms with Gasteiger partial charge in [0.15, 0.2) is 4.21 Å². The lowest BCUT2D eigenvalue weighted by Gasteiger charge is -2.05. The molecule has 112 valence electrons. The van der Waals surface area contributed by atoms with E-state index in [1.165, 1.54) is 13.0 Å². The van der Waals surface area contributed by atoms with E-state index in [-0.39, 0.29) is 15.9 Å². The Bertz CT molecular complexity index is 738. The lowest BCUT2D eigenvalue weighted by molar-refractivity contribution is -0.119. The largest absolute Gasteiger partial charge is 0.378 e. The summed E-state index contributed by atoms with van der Waals surface area (Å²) in [7, 11) is -3.84. The van der Waals surface area contributed by atoms with Crippen molar-refractivity contribution in [2.24, 2.45) is 0 Å². The standard InChI is InChI=1S/C13H12INO4S2/c1-9(16)15-8-12-6-7-13(20-12)21(17,18)19-11-4-2-10(14)3-5-11/h2-7H,8H2,1H3,(H,15,16). The molecule has 1 heterocycles. The van der Waals surface area contributed by atoms with Gasteiger partial charge >= 0.3 is 10.1 Å². The molecule has 0 fully saturated rings.